The van der Waals surface area contributed by atoms with E-state index in [0.29, 0.717) is 33.8 Å². The molecule has 2 heterocycles. The van der Waals surface area contributed by atoms with Gasteiger partial charge >= 0.3 is 0 Å². The fourth-order valence-corrected chi connectivity index (χ4v) is 5.17. The predicted molar refractivity (Wildman–Crippen MR) is 149 cm³/mol. The second kappa shape index (κ2) is 11.1. The lowest BCUT2D eigenvalue weighted by atomic mass is 10.1. The first-order chi connectivity index (χ1) is 18.0. The third-order valence-corrected chi connectivity index (χ3v) is 7.54. The summed E-state index contributed by atoms with van der Waals surface area (Å²) < 4.78 is 18.9. The number of para-hydroxylation sites is 2. The molecule has 3 aromatic carbocycles. The fourth-order valence-electron chi connectivity index (χ4n) is 4.88. The number of hydrogen-bond acceptors (Lipinski definition) is 6. The molecular formula is C28H30Cl2N4O3. The highest BCUT2D eigenvalue weighted by molar-refractivity contribution is 6.42. The fraction of sp³-hybridized carbons (Fsp3) is 0.321. The molecule has 0 N–H and O–H groups in total. The second-order valence-corrected chi connectivity index (χ2v) is 9.81. The Morgan fingerprint density at radius 3 is 2.14 bits per heavy atom. The van der Waals surface area contributed by atoms with E-state index < -0.39 is 0 Å². The molecule has 1 saturated heterocycles. The Morgan fingerprint density at radius 1 is 0.784 bits per heavy atom. The van der Waals surface area contributed by atoms with E-state index in [9.17, 15) is 0 Å². The standard InChI is InChI=1S/C28H30Cl2N4O3/c1-35-25-14-19(15-26(36-2)28(25)37-3)17-34-24-7-5-4-6-23(24)31-27(34)18-32-10-12-33(13-11-32)20-8-9-21(29)22(30)16-20/h4-9,14-16H,10-13,17-18H2,1-3H3. The molecule has 7 nitrogen and oxygen atoms in total. The lowest BCUT2D eigenvalue weighted by Gasteiger charge is -2.36. The van der Waals surface area contributed by atoms with Crippen molar-refractivity contribution >= 4 is 39.9 Å². The molecule has 0 atom stereocenters. The number of benzene rings is 3. The van der Waals surface area contributed by atoms with Crippen molar-refractivity contribution in [3.8, 4) is 17.2 Å². The van der Waals surface area contributed by atoms with Gasteiger partial charge in [-0.2, -0.15) is 0 Å². The summed E-state index contributed by atoms with van der Waals surface area (Å²) in [5, 5.41) is 1.16. The van der Waals surface area contributed by atoms with Gasteiger partial charge in [-0.15, -0.1) is 0 Å². The Morgan fingerprint density at radius 2 is 1.49 bits per heavy atom. The van der Waals surface area contributed by atoms with E-state index in [-0.39, 0.29) is 0 Å². The molecule has 37 heavy (non-hydrogen) atoms. The largest absolute Gasteiger partial charge is 0.493 e. The molecule has 1 aliphatic heterocycles. The summed E-state index contributed by atoms with van der Waals surface area (Å²) in [5.74, 6) is 2.89. The van der Waals surface area contributed by atoms with Crippen LogP contribution in [0.4, 0.5) is 5.69 Å². The Balaban J connectivity index is 1.38. The molecule has 0 saturated carbocycles. The maximum Gasteiger partial charge on any atom is 0.203 e. The first kappa shape index (κ1) is 25.5. The number of fused-ring (bicyclic) bond motifs is 1. The highest BCUT2D eigenvalue weighted by Crippen LogP contribution is 2.38. The SMILES string of the molecule is COc1cc(Cn2c(CN3CCN(c4ccc(Cl)c(Cl)c4)CC3)nc3ccccc32)cc(OC)c1OC. The summed E-state index contributed by atoms with van der Waals surface area (Å²) in [6.07, 6.45) is 0. The smallest absolute Gasteiger partial charge is 0.203 e. The average molecular weight is 541 g/mol. The van der Waals surface area contributed by atoms with Crippen LogP contribution in [0.2, 0.25) is 10.0 Å². The van der Waals surface area contributed by atoms with Gasteiger partial charge in [0.05, 0.1) is 49.0 Å². The van der Waals surface area contributed by atoms with Gasteiger partial charge in [0.15, 0.2) is 11.5 Å². The molecule has 1 fully saturated rings. The third kappa shape index (κ3) is 5.30. The Bertz CT molecular complexity index is 1370. The van der Waals surface area contributed by atoms with Crippen LogP contribution in [0.5, 0.6) is 17.2 Å². The lowest BCUT2D eigenvalue weighted by molar-refractivity contribution is 0.241. The highest BCUT2D eigenvalue weighted by atomic mass is 35.5. The minimum absolute atomic E-state index is 0.579. The average Bonchev–Trinajstić information content (AvgIpc) is 3.26. The zero-order chi connectivity index (χ0) is 25.9. The zero-order valence-electron chi connectivity index (χ0n) is 21.2. The summed E-state index contributed by atoms with van der Waals surface area (Å²) in [6.45, 7) is 5.06. The van der Waals surface area contributed by atoms with Crippen LogP contribution >= 0.6 is 23.2 Å². The van der Waals surface area contributed by atoms with E-state index in [2.05, 4.69) is 32.6 Å². The van der Waals surface area contributed by atoms with Crippen molar-refractivity contribution in [3.63, 3.8) is 0 Å². The van der Waals surface area contributed by atoms with E-state index >= 15 is 0 Å². The number of hydrogen-bond donors (Lipinski definition) is 0. The molecule has 194 valence electrons. The van der Waals surface area contributed by atoms with Crippen LogP contribution in [0, 0.1) is 0 Å². The van der Waals surface area contributed by atoms with Crippen LogP contribution in [-0.2, 0) is 13.1 Å². The first-order valence-corrected chi connectivity index (χ1v) is 12.9. The third-order valence-electron chi connectivity index (χ3n) is 6.80. The van der Waals surface area contributed by atoms with E-state index in [1.807, 2.05) is 36.4 Å². The molecule has 1 aromatic heterocycles. The molecule has 0 bridgehead atoms. The van der Waals surface area contributed by atoms with E-state index in [1.54, 1.807) is 21.3 Å². The van der Waals surface area contributed by atoms with Gasteiger partial charge in [-0.1, -0.05) is 35.3 Å². The molecular weight excluding hydrogens is 511 g/mol. The Hall–Kier alpha value is -3.13. The van der Waals surface area contributed by atoms with Gasteiger partial charge in [-0.25, -0.2) is 4.98 Å². The number of piperazine rings is 1. The zero-order valence-corrected chi connectivity index (χ0v) is 22.7. The summed E-state index contributed by atoms with van der Waals surface area (Å²) in [5.41, 5.74) is 4.23. The first-order valence-electron chi connectivity index (χ1n) is 12.2. The number of anilines is 1. The number of imidazole rings is 1. The van der Waals surface area contributed by atoms with Crippen LogP contribution in [0.3, 0.4) is 0 Å². The molecule has 5 rings (SSSR count). The minimum Gasteiger partial charge on any atom is -0.493 e. The summed E-state index contributed by atoms with van der Waals surface area (Å²) in [4.78, 5) is 9.80. The number of ether oxygens (including phenoxy) is 3. The van der Waals surface area contributed by atoms with Crippen LogP contribution in [0.15, 0.2) is 54.6 Å². The van der Waals surface area contributed by atoms with Crippen molar-refractivity contribution in [1.82, 2.24) is 14.5 Å². The molecule has 0 aliphatic carbocycles. The van der Waals surface area contributed by atoms with Gasteiger partial charge in [0.2, 0.25) is 5.75 Å². The maximum atomic E-state index is 6.24. The van der Waals surface area contributed by atoms with Gasteiger partial charge in [-0.3, -0.25) is 4.90 Å². The van der Waals surface area contributed by atoms with Gasteiger partial charge in [-0.05, 0) is 48.0 Å². The van der Waals surface area contributed by atoms with Gasteiger partial charge in [0, 0.05) is 38.4 Å². The summed E-state index contributed by atoms with van der Waals surface area (Å²) in [7, 11) is 4.89. The Labute approximate surface area is 227 Å². The van der Waals surface area contributed by atoms with Crippen LogP contribution in [0.1, 0.15) is 11.4 Å². The highest BCUT2D eigenvalue weighted by Gasteiger charge is 2.21. The van der Waals surface area contributed by atoms with Gasteiger partial charge in [0.1, 0.15) is 5.82 Å². The van der Waals surface area contributed by atoms with Crippen molar-refractivity contribution in [2.24, 2.45) is 0 Å². The number of aromatic nitrogens is 2. The molecule has 0 unspecified atom stereocenters. The number of nitrogens with zero attached hydrogens (tertiary/aromatic N) is 4. The monoisotopic (exact) mass is 540 g/mol. The minimum atomic E-state index is 0.579. The van der Waals surface area contributed by atoms with Crippen LogP contribution in [-0.4, -0.2) is 62.0 Å². The molecule has 0 spiro atoms. The molecule has 0 radical (unpaired) electrons. The number of methoxy groups -OCH3 is 3. The lowest BCUT2D eigenvalue weighted by Crippen LogP contribution is -2.46. The van der Waals surface area contributed by atoms with Crippen molar-refractivity contribution in [1.29, 1.82) is 0 Å². The van der Waals surface area contributed by atoms with Crippen LogP contribution in [0.25, 0.3) is 11.0 Å². The number of halogens is 2. The van der Waals surface area contributed by atoms with Crippen molar-refractivity contribution in [3.05, 3.63) is 76.0 Å². The normalized spacial score (nSPS) is 14.2. The van der Waals surface area contributed by atoms with Gasteiger partial charge < -0.3 is 23.7 Å². The Kier molecular flexibility index (Phi) is 7.65. The van der Waals surface area contributed by atoms with Crippen LogP contribution < -0.4 is 19.1 Å². The summed E-state index contributed by atoms with van der Waals surface area (Å²) in [6, 6.07) is 18.1. The van der Waals surface area contributed by atoms with Crippen molar-refractivity contribution in [2.45, 2.75) is 13.1 Å². The topological polar surface area (TPSA) is 52.0 Å². The van der Waals surface area contributed by atoms with E-state index in [0.717, 1.165) is 60.8 Å². The second-order valence-electron chi connectivity index (χ2n) is 9.00. The quantitative estimate of drug-likeness (QED) is 0.284. The van der Waals surface area contributed by atoms with Crippen molar-refractivity contribution < 1.29 is 14.2 Å². The summed E-state index contributed by atoms with van der Waals surface area (Å²) >= 11 is 12.3. The molecule has 4 aromatic rings. The molecule has 0 amide bonds. The van der Waals surface area contributed by atoms with E-state index in [4.69, 9.17) is 42.4 Å². The maximum absolute atomic E-state index is 6.24. The molecule has 9 heteroatoms. The predicted octanol–water partition coefficient (Wildman–Crippen LogP) is 5.74. The molecule has 1 aliphatic rings. The number of rotatable bonds is 8. The van der Waals surface area contributed by atoms with Gasteiger partial charge in [0.25, 0.3) is 0 Å². The van der Waals surface area contributed by atoms with Crippen molar-refractivity contribution in [2.75, 3.05) is 52.4 Å². The van der Waals surface area contributed by atoms with E-state index in [1.165, 1.54) is 0 Å².